The lowest BCUT2D eigenvalue weighted by Gasteiger charge is -2.17. The van der Waals surface area contributed by atoms with Crippen LogP contribution in [0.5, 0.6) is 5.75 Å². The van der Waals surface area contributed by atoms with Gasteiger partial charge >= 0.3 is 0 Å². The Hall–Kier alpha value is -2.99. The van der Waals surface area contributed by atoms with Crippen molar-refractivity contribution in [1.82, 2.24) is 0 Å². The number of hydrogen-bond donors (Lipinski definition) is 0. The average Bonchev–Trinajstić information content (AvgIpc) is 2.72. The van der Waals surface area contributed by atoms with Crippen molar-refractivity contribution >= 4 is 0 Å². The zero-order valence-corrected chi connectivity index (χ0v) is 18.5. The van der Waals surface area contributed by atoms with Crippen molar-refractivity contribution in [2.24, 2.45) is 5.92 Å². The molecule has 0 radical (unpaired) electrons. The zero-order chi connectivity index (χ0) is 23.9. The van der Waals surface area contributed by atoms with Gasteiger partial charge in [0.2, 0.25) is 0 Å². The number of benzene rings is 2. The molecule has 0 aliphatic carbocycles. The van der Waals surface area contributed by atoms with E-state index in [1.54, 1.807) is 18.2 Å². The Balaban J connectivity index is 1.84. The Morgan fingerprint density at radius 1 is 0.969 bits per heavy atom. The molecule has 2 aromatic carbocycles. The second-order valence-electron chi connectivity index (χ2n) is 8.27. The average molecular weight is 446 g/mol. The van der Waals surface area contributed by atoms with Gasteiger partial charge in [-0.05, 0) is 61.1 Å². The minimum absolute atomic E-state index is 0.0713. The van der Waals surface area contributed by atoms with Crippen LogP contribution < -0.4 is 4.74 Å². The maximum absolute atomic E-state index is 13.8. The molecule has 1 unspecified atom stereocenters. The van der Waals surface area contributed by atoms with Gasteiger partial charge in [-0.15, -0.1) is 6.42 Å². The molecule has 32 heavy (non-hydrogen) atoms. The molecule has 170 valence electrons. The van der Waals surface area contributed by atoms with E-state index in [0.717, 1.165) is 38.7 Å². The van der Waals surface area contributed by atoms with Gasteiger partial charge in [-0.1, -0.05) is 25.3 Å². The highest BCUT2D eigenvalue weighted by Crippen LogP contribution is 2.33. The summed E-state index contributed by atoms with van der Waals surface area (Å²) in [5, 5.41) is 8.99. The highest BCUT2D eigenvalue weighted by Gasteiger charge is 2.29. The quantitative estimate of drug-likeness (QED) is 0.220. The fourth-order valence-corrected chi connectivity index (χ4v) is 3.57. The minimum atomic E-state index is -3.13. The lowest BCUT2D eigenvalue weighted by Crippen LogP contribution is -2.11. The van der Waals surface area contributed by atoms with E-state index >= 15 is 0 Å². The van der Waals surface area contributed by atoms with Crippen LogP contribution in [-0.2, 0) is 18.3 Å². The second kappa shape index (κ2) is 10.6. The third-order valence-corrected chi connectivity index (χ3v) is 5.24. The summed E-state index contributed by atoms with van der Waals surface area (Å²) in [6, 6.07) is 10.7. The SMILES string of the molecule is C#Cc1ccc(CC(C)CCCCOc2ccc(C#N)c(C(C)(F)F)c2)cc1C(C)(F)F. The summed E-state index contributed by atoms with van der Waals surface area (Å²) in [7, 11) is 0. The van der Waals surface area contributed by atoms with Crippen LogP contribution in [0.25, 0.3) is 0 Å². The Kier molecular flexibility index (Phi) is 8.33. The second-order valence-corrected chi connectivity index (χ2v) is 8.27. The summed E-state index contributed by atoms with van der Waals surface area (Å²) < 4.78 is 60.5. The molecule has 0 fully saturated rings. The lowest BCUT2D eigenvalue weighted by atomic mass is 9.92. The highest BCUT2D eigenvalue weighted by molar-refractivity contribution is 5.45. The maximum Gasteiger partial charge on any atom is 0.271 e. The maximum atomic E-state index is 13.8. The van der Waals surface area contributed by atoms with Crippen molar-refractivity contribution in [3.05, 3.63) is 64.2 Å². The van der Waals surface area contributed by atoms with Crippen LogP contribution >= 0.6 is 0 Å². The summed E-state index contributed by atoms with van der Waals surface area (Å²) in [5.74, 6) is -3.24. The highest BCUT2D eigenvalue weighted by atomic mass is 19.3. The number of nitriles is 1. The molecular formula is C26H27F4NO. The van der Waals surface area contributed by atoms with Gasteiger partial charge in [-0.25, -0.2) is 17.6 Å². The number of nitrogens with zero attached hydrogens (tertiary/aromatic N) is 1. The molecule has 0 aliphatic rings. The normalized spacial score (nSPS) is 12.7. The number of ether oxygens (including phenoxy) is 1. The van der Waals surface area contributed by atoms with Crippen LogP contribution in [0.4, 0.5) is 17.6 Å². The van der Waals surface area contributed by atoms with Crippen molar-refractivity contribution < 1.29 is 22.3 Å². The molecule has 0 aromatic heterocycles. The molecule has 0 heterocycles. The van der Waals surface area contributed by atoms with E-state index in [0.29, 0.717) is 18.8 Å². The number of rotatable bonds is 10. The fourth-order valence-electron chi connectivity index (χ4n) is 3.57. The molecule has 0 spiro atoms. The Labute approximate surface area is 187 Å². The zero-order valence-electron chi connectivity index (χ0n) is 18.5. The van der Waals surface area contributed by atoms with Gasteiger partial charge in [-0.3, -0.25) is 0 Å². The first-order chi connectivity index (χ1) is 15.0. The van der Waals surface area contributed by atoms with E-state index in [1.807, 2.05) is 0 Å². The molecule has 0 saturated heterocycles. The van der Waals surface area contributed by atoms with Gasteiger partial charge < -0.3 is 4.74 Å². The molecule has 6 heteroatoms. The standard InChI is InChI=1S/C26H27F4NO/c1-5-20-10-9-19(15-23(20)25(3,27)28)14-18(2)8-6-7-13-32-22-12-11-21(17-31)24(16-22)26(4,29)30/h1,9-12,15-16,18H,6-8,13-14H2,2-4H3. The molecule has 2 nitrogen and oxygen atoms in total. The summed E-state index contributed by atoms with van der Waals surface area (Å²) in [4.78, 5) is 0. The predicted octanol–water partition coefficient (Wildman–Crippen LogP) is 7.19. The van der Waals surface area contributed by atoms with E-state index in [9.17, 15) is 17.6 Å². The largest absolute Gasteiger partial charge is 0.494 e. The first-order valence-corrected chi connectivity index (χ1v) is 10.5. The Morgan fingerprint density at radius 3 is 2.19 bits per heavy atom. The first kappa shape index (κ1) is 25.3. The number of unbranched alkanes of at least 4 members (excludes halogenated alkanes) is 1. The third-order valence-electron chi connectivity index (χ3n) is 5.24. The summed E-state index contributed by atoms with van der Waals surface area (Å²) >= 11 is 0. The number of alkyl halides is 4. The molecular weight excluding hydrogens is 418 g/mol. The van der Waals surface area contributed by atoms with Crippen LogP contribution in [0.2, 0.25) is 0 Å². The van der Waals surface area contributed by atoms with Gasteiger partial charge in [-0.2, -0.15) is 5.26 Å². The van der Waals surface area contributed by atoms with Gasteiger partial charge in [0, 0.05) is 30.5 Å². The topological polar surface area (TPSA) is 33.0 Å². The van der Waals surface area contributed by atoms with Gasteiger partial charge in [0.15, 0.2) is 0 Å². The van der Waals surface area contributed by atoms with Crippen molar-refractivity contribution in [3.63, 3.8) is 0 Å². The van der Waals surface area contributed by atoms with E-state index in [4.69, 9.17) is 16.4 Å². The van der Waals surface area contributed by atoms with Crippen molar-refractivity contribution in [2.75, 3.05) is 6.61 Å². The van der Waals surface area contributed by atoms with Gasteiger partial charge in [0.1, 0.15) is 5.75 Å². The van der Waals surface area contributed by atoms with Crippen molar-refractivity contribution in [2.45, 2.75) is 58.3 Å². The van der Waals surface area contributed by atoms with E-state index in [1.165, 1.54) is 24.3 Å². The number of halogens is 4. The molecule has 2 rings (SSSR count). The van der Waals surface area contributed by atoms with Crippen LogP contribution in [0.15, 0.2) is 36.4 Å². The lowest BCUT2D eigenvalue weighted by molar-refractivity contribution is 0.0163. The molecule has 0 aliphatic heterocycles. The molecule has 0 saturated carbocycles. The number of terminal acetylenes is 1. The monoisotopic (exact) mass is 445 g/mol. The molecule has 0 N–H and O–H groups in total. The predicted molar refractivity (Wildman–Crippen MR) is 117 cm³/mol. The van der Waals surface area contributed by atoms with Crippen LogP contribution in [0.1, 0.15) is 67.9 Å². The van der Waals surface area contributed by atoms with E-state index in [-0.39, 0.29) is 28.2 Å². The van der Waals surface area contributed by atoms with Crippen molar-refractivity contribution in [3.8, 4) is 24.2 Å². The van der Waals surface area contributed by atoms with E-state index in [2.05, 4.69) is 12.8 Å². The first-order valence-electron chi connectivity index (χ1n) is 10.5. The molecule has 1 atom stereocenters. The molecule has 0 amide bonds. The molecule has 2 aromatic rings. The minimum Gasteiger partial charge on any atom is -0.494 e. The summed E-state index contributed by atoms with van der Waals surface area (Å²) in [5.41, 5.74) is 0.474. The smallest absolute Gasteiger partial charge is 0.271 e. The number of hydrogen-bond acceptors (Lipinski definition) is 2. The van der Waals surface area contributed by atoms with Gasteiger partial charge in [0.05, 0.1) is 18.2 Å². The Bertz CT molecular complexity index is 1010. The Morgan fingerprint density at radius 2 is 1.59 bits per heavy atom. The van der Waals surface area contributed by atoms with E-state index < -0.39 is 11.8 Å². The summed E-state index contributed by atoms with van der Waals surface area (Å²) in [6.07, 6.45) is 8.41. The van der Waals surface area contributed by atoms with Gasteiger partial charge in [0.25, 0.3) is 11.8 Å². The van der Waals surface area contributed by atoms with Crippen molar-refractivity contribution in [1.29, 1.82) is 5.26 Å². The van der Waals surface area contributed by atoms with Crippen LogP contribution in [0.3, 0.4) is 0 Å². The summed E-state index contributed by atoms with van der Waals surface area (Å²) in [6.45, 7) is 4.00. The van der Waals surface area contributed by atoms with Crippen LogP contribution in [0, 0.1) is 29.6 Å². The third kappa shape index (κ3) is 7.02. The fraction of sp³-hybridized carbons (Fsp3) is 0.423. The van der Waals surface area contributed by atoms with Crippen LogP contribution in [-0.4, -0.2) is 6.61 Å². The molecule has 0 bridgehead atoms.